The number of benzene rings is 4. The molecule has 42 heavy (non-hydrogen) atoms. The van der Waals surface area contributed by atoms with Crippen LogP contribution < -0.4 is 13.9 Å². The van der Waals surface area contributed by atoms with Gasteiger partial charge in [-0.3, -0.25) is 4.79 Å². The molecule has 0 aliphatic carbocycles. The van der Waals surface area contributed by atoms with E-state index in [4.69, 9.17) is 9.84 Å². The highest BCUT2D eigenvalue weighted by Gasteiger charge is 2.11. The van der Waals surface area contributed by atoms with Crippen LogP contribution in [0.3, 0.4) is 0 Å². The first-order valence-corrected chi connectivity index (χ1v) is 13.4. The fourth-order valence-electron chi connectivity index (χ4n) is 4.82. The Labute approximate surface area is 243 Å². The molecule has 0 atom stereocenters. The second kappa shape index (κ2) is 11.7. The minimum absolute atomic E-state index is 0.278. The molecule has 0 amide bonds. The van der Waals surface area contributed by atoms with E-state index in [1.807, 2.05) is 60.9 Å². The highest BCUT2D eigenvalue weighted by Crippen LogP contribution is 2.24. The van der Waals surface area contributed by atoms with Gasteiger partial charge in [-0.1, -0.05) is 24.3 Å². The lowest BCUT2D eigenvalue weighted by Crippen LogP contribution is -2.29. The Kier molecular flexibility index (Phi) is 7.34. The molecule has 1 N–H and O–H groups in total. The van der Waals surface area contributed by atoms with Crippen LogP contribution in [0.1, 0.15) is 10.4 Å². The first-order chi connectivity index (χ1) is 20.6. The van der Waals surface area contributed by atoms with Gasteiger partial charge in [-0.05, 0) is 81.9 Å². The van der Waals surface area contributed by atoms with E-state index in [1.54, 1.807) is 24.3 Å². The Balaban J connectivity index is 1.13. The van der Waals surface area contributed by atoms with E-state index in [9.17, 15) is 9.59 Å². The Morgan fingerprint density at radius 3 is 1.19 bits per heavy atom. The van der Waals surface area contributed by atoms with Crippen molar-refractivity contribution in [2.45, 2.75) is 0 Å². The van der Waals surface area contributed by atoms with Crippen molar-refractivity contribution in [2.24, 2.45) is 0 Å². The van der Waals surface area contributed by atoms with Gasteiger partial charge in [0.2, 0.25) is 11.4 Å². The third-order valence-corrected chi connectivity index (χ3v) is 7.16. The van der Waals surface area contributed by atoms with Crippen LogP contribution in [0.15, 0.2) is 146 Å². The third kappa shape index (κ3) is 5.69. The van der Waals surface area contributed by atoms with Crippen molar-refractivity contribution in [2.75, 3.05) is 0 Å². The van der Waals surface area contributed by atoms with Crippen molar-refractivity contribution < 1.29 is 28.6 Å². The first-order valence-electron chi connectivity index (χ1n) is 13.4. The van der Waals surface area contributed by atoms with Crippen molar-refractivity contribution in [1.29, 1.82) is 0 Å². The number of ether oxygens (including phenoxy) is 1. The smallest absolute Gasteiger partial charge is 0.335 e. The molecule has 6 nitrogen and oxygen atoms in total. The van der Waals surface area contributed by atoms with E-state index in [0.717, 1.165) is 44.8 Å². The number of carbonyl (C=O) groups is 2. The number of pyridine rings is 2. The first kappa shape index (κ1) is 26.3. The molecule has 4 aromatic carbocycles. The van der Waals surface area contributed by atoms with Crippen LogP contribution in [-0.4, -0.2) is 17.5 Å². The number of aromatic carboxylic acids is 1. The second-order valence-electron chi connectivity index (χ2n) is 9.70. The lowest BCUT2D eigenvalue weighted by molar-refractivity contribution is -0.596. The minimum atomic E-state index is -0.926. The van der Waals surface area contributed by atoms with Gasteiger partial charge in [0.25, 0.3) is 6.47 Å². The number of hydrogen-bond donors (Lipinski definition) is 1. The molecule has 0 radical (unpaired) electrons. The molecule has 2 heterocycles. The molecule has 0 saturated heterocycles. The molecule has 0 unspecified atom stereocenters. The molecule has 6 rings (SSSR count). The van der Waals surface area contributed by atoms with E-state index >= 15 is 0 Å². The van der Waals surface area contributed by atoms with Gasteiger partial charge in [-0.2, -0.15) is 9.13 Å². The summed E-state index contributed by atoms with van der Waals surface area (Å²) in [6.45, 7) is 0.426. The number of aromatic nitrogens is 2. The van der Waals surface area contributed by atoms with Crippen LogP contribution in [0.5, 0.6) is 5.75 Å². The van der Waals surface area contributed by atoms with Crippen LogP contribution in [0.25, 0.3) is 44.8 Å². The monoisotopic (exact) mass is 550 g/mol. The molecule has 0 saturated carbocycles. The molecule has 202 valence electrons. The van der Waals surface area contributed by atoms with Gasteiger partial charge in [0.15, 0.2) is 24.8 Å². The Hall–Kier alpha value is -5.88. The molecular weight excluding hydrogens is 524 g/mol. The Morgan fingerprint density at radius 1 is 0.500 bits per heavy atom. The highest BCUT2D eigenvalue weighted by atomic mass is 16.5. The Morgan fingerprint density at radius 2 is 0.833 bits per heavy atom. The predicted molar refractivity (Wildman–Crippen MR) is 159 cm³/mol. The average molecular weight is 551 g/mol. The zero-order chi connectivity index (χ0) is 28.9. The normalized spacial score (nSPS) is 10.7. The van der Waals surface area contributed by atoms with Crippen molar-refractivity contribution in [3.05, 3.63) is 152 Å². The minimum Gasteiger partial charge on any atom is -0.478 e. The van der Waals surface area contributed by atoms with Crippen LogP contribution in [0, 0.1) is 0 Å². The maximum atomic E-state index is 11.1. The van der Waals surface area contributed by atoms with Gasteiger partial charge in [0, 0.05) is 48.5 Å². The molecule has 6 heteroatoms. The summed E-state index contributed by atoms with van der Waals surface area (Å²) in [7, 11) is 0. The summed E-state index contributed by atoms with van der Waals surface area (Å²) < 4.78 is 9.01. The van der Waals surface area contributed by atoms with E-state index in [2.05, 4.69) is 70.1 Å². The summed E-state index contributed by atoms with van der Waals surface area (Å²) in [4.78, 5) is 21.6. The highest BCUT2D eigenvalue weighted by molar-refractivity contribution is 5.88. The largest absolute Gasteiger partial charge is 0.478 e. The SMILES string of the molecule is O=COc1ccc(-c2ccc(-[n+]3ccc(-c4cc[n+](-c5ccc(-c6ccc(C(=O)O)cc6)cc5)cc4)cc3)cc2)cc1. The van der Waals surface area contributed by atoms with Crippen molar-refractivity contribution >= 4 is 12.4 Å². The molecule has 0 aliphatic rings. The third-order valence-electron chi connectivity index (χ3n) is 7.16. The molecular formula is C36H26N2O4+2. The van der Waals surface area contributed by atoms with Crippen molar-refractivity contribution in [3.8, 4) is 50.5 Å². The van der Waals surface area contributed by atoms with Crippen LogP contribution in [0.2, 0.25) is 0 Å². The number of carboxylic acid groups (broad SMARTS) is 1. The number of carbonyl (C=O) groups excluding carboxylic acids is 1. The maximum absolute atomic E-state index is 11.1. The number of nitrogens with zero attached hydrogens (tertiary/aromatic N) is 2. The van der Waals surface area contributed by atoms with Crippen LogP contribution in [0.4, 0.5) is 0 Å². The number of rotatable bonds is 8. The summed E-state index contributed by atoms with van der Waals surface area (Å²) in [6.07, 6.45) is 8.20. The fourth-order valence-corrected chi connectivity index (χ4v) is 4.82. The van der Waals surface area contributed by atoms with E-state index in [1.165, 1.54) is 0 Å². The fraction of sp³-hybridized carbons (Fsp3) is 0. The summed E-state index contributed by atoms with van der Waals surface area (Å²) in [6, 6.07) is 39.2. The second-order valence-corrected chi connectivity index (χ2v) is 9.70. The Bertz CT molecular complexity index is 1830. The molecule has 0 fully saturated rings. The average Bonchev–Trinajstić information content (AvgIpc) is 3.06. The predicted octanol–water partition coefficient (Wildman–Crippen LogP) is 6.47. The van der Waals surface area contributed by atoms with Gasteiger partial charge < -0.3 is 9.84 Å². The lowest BCUT2D eigenvalue weighted by atomic mass is 10.0. The molecule has 0 bridgehead atoms. The van der Waals surface area contributed by atoms with Crippen molar-refractivity contribution in [1.82, 2.24) is 0 Å². The summed E-state index contributed by atoms with van der Waals surface area (Å²) in [5.41, 5.74) is 8.73. The summed E-state index contributed by atoms with van der Waals surface area (Å²) in [5.74, 6) is -0.406. The lowest BCUT2D eigenvalue weighted by Gasteiger charge is -2.05. The van der Waals surface area contributed by atoms with E-state index < -0.39 is 5.97 Å². The van der Waals surface area contributed by atoms with Crippen LogP contribution >= 0.6 is 0 Å². The standard InChI is InChI=1S/C36H25N2O4/c39-25-42-35-15-9-29(10-16-35)28-7-13-34(14-8-28)38-23-19-31(20-24-38)30-17-21-37(22-18-30)33-11-5-27(6-12-33)26-1-3-32(4-2-26)36(40)41/h1-25H/q+1/p+1. The molecule has 0 aliphatic heterocycles. The van der Waals surface area contributed by atoms with Crippen LogP contribution in [-0.2, 0) is 4.79 Å². The van der Waals surface area contributed by atoms with Gasteiger partial charge in [-0.15, -0.1) is 0 Å². The van der Waals surface area contributed by atoms with E-state index in [-0.39, 0.29) is 5.56 Å². The maximum Gasteiger partial charge on any atom is 0.335 e. The molecule has 2 aromatic heterocycles. The van der Waals surface area contributed by atoms with Gasteiger partial charge in [0.05, 0.1) is 5.56 Å². The van der Waals surface area contributed by atoms with E-state index in [0.29, 0.717) is 12.2 Å². The number of carboxylic acids is 1. The summed E-state index contributed by atoms with van der Waals surface area (Å²) >= 11 is 0. The molecule has 0 spiro atoms. The van der Waals surface area contributed by atoms with Gasteiger partial charge in [-0.25, -0.2) is 4.79 Å². The zero-order valence-electron chi connectivity index (χ0n) is 22.5. The quantitative estimate of drug-likeness (QED) is 0.174. The zero-order valence-corrected chi connectivity index (χ0v) is 22.5. The van der Waals surface area contributed by atoms with Gasteiger partial charge in [0.1, 0.15) is 5.75 Å². The molecule has 6 aromatic rings. The van der Waals surface area contributed by atoms with Crippen molar-refractivity contribution in [3.63, 3.8) is 0 Å². The van der Waals surface area contributed by atoms with Gasteiger partial charge >= 0.3 is 5.97 Å². The number of hydrogen-bond acceptors (Lipinski definition) is 3. The summed E-state index contributed by atoms with van der Waals surface area (Å²) in [5, 5.41) is 9.11. The topological polar surface area (TPSA) is 71.4 Å².